The van der Waals surface area contributed by atoms with Gasteiger partial charge in [0.1, 0.15) is 5.60 Å². The molecule has 0 radical (unpaired) electrons. The first-order valence-electron chi connectivity index (χ1n) is 12.7. The predicted octanol–water partition coefficient (Wildman–Crippen LogP) is 6.09. The van der Waals surface area contributed by atoms with Gasteiger partial charge in [0.15, 0.2) is 0 Å². The molecule has 1 atom stereocenters. The molecule has 3 aromatic rings. The number of piperidine rings is 1. The van der Waals surface area contributed by atoms with E-state index in [0.29, 0.717) is 5.92 Å². The monoisotopic (exact) mass is 451 g/mol. The van der Waals surface area contributed by atoms with Crippen LogP contribution in [-0.4, -0.2) is 35.1 Å². The molecule has 1 aromatic heterocycles. The molecule has 4 nitrogen and oxygen atoms in total. The maximum Gasteiger partial charge on any atom is 0.121 e. The molecule has 3 heterocycles. The number of anilines is 1. The number of rotatable bonds is 5. The summed E-state index contributed by atoms with van der Waals surface area (Å²) in [6.07, 6.45) is 13.3. The van der Waals surface area contributed by atoms with E-state index >= 15 is 0 Å². The molecule has 1 saturated heterocycles. The first-order valence-corrected chi connectivity index (χ1v) is 12.7. The number of allylic oxidation sites excluding steroid dienone is 2. The highest BCUT2D eigenvalue weighted by Gasteiger charge is 2.43. The number of hydrogen-bond acceptors (Lipinski definition) is 4. The van der Waals surface area contributed by atoms with Gasteiger partial charge < -0.3 is 0 Å². The number of likely N-dealkylation sites (tertiary alicyclic amines) is 1. The Morgan fingerprint density at radius 1 is 1.00 bits per heavy atom. The lowest BCUT2D eigenvalue weighted by atomic mass is 9.76. The van der Waals surface area contributed by atoms with Gasteiger partial charge in [-0.15, -0.1) is 0 Å². The number of nitrogens with zero attached hydrogens (tertiary/aromatic N) is 3. The quantitative estimate of drug-likeness (QED) is 0.470. The molecule has 34 heavy (non-hydrogen) atoms. The van der Waals surface area contributed by atoms with Gasteiger partial charge in [0, 0.05) is 31.1 Å². The third kappa shape index (κ3) is 4.06. The van der Waals surface area contributed by atoms with Crippen LogP contribution in [0.3, 0.4) is 0 Å². The van der Waals surface area contributed by atoms with Crippen LogP contribution in [0.25, 0.3) is 10.9 Å². The largest absolute Gasteiger partial charge is 0.299 e. The Morgan fingerprint density at radius 3 is 2.59 bits per heavy atom. The molecular formula is C30H33N3O. The summed E-state index contributed by atoms with van der Waals surface area (Å²) < 4.78 is 0. The van der Waals surface area contributed by atoms with Crippen LogP contribution in [0.5, 0.6) is 0 Å². The number of fused-ring (bicyclic) bond motifs is 3. The van der Waals surface area contributed by atoms with Gasteiger partial charge in [-0.3, -0.25) is 19.8 Å². The molecule has 2 aromatic carbocycles. The minimum absolute atomic E-state index is 0.287. The Bertz CT molecular complexity index is 1230. The first kappa shape index (κ1) is 21.6. The minimum Gasteiger partial charge on any atom is -0.299 e. The van der Waals surface area contributed by atoms with Crippen LogP contribution in [0.1, 0.15) is 37.3 Å². The molecule has 0 spiro atoms. The van der Waals surface area contributed by atoms with Gasteiger partial charge >= 0.3 is 0 Å². The second-order valence-corrected chi connectivity index (χ2v) is 10.1. The molecule has 1 unspecified atom stereocenters. The van der Waals surface area contributed by atoms with Crippen LogP contribution >= 0.6 is 0 Å². The molecular weight excluding hydrogens is 418 g/mol. The lowest BCUT2D eigenvalue weighted by molar-refractivity contribution is -0.0778. The Hall–Kier alpha value is -2.95. The summed E-state index contributed by atoms with van der Waals surface area (Å²) in [7, 11) is 0. The van der Waals surface area contributed by atoms with Crippen LogP contribution in [0, 0.1) is 5.92 Å². The number of hydroxylamine groups is 1. The minimum atomic E-state index is -0.287. The second kappa shape index (κ2) is 9.01. The fraction of sp³-hybridized carbons (Fsp3) is 0.367. The van der Waals surface area contributed by atoms with E-state index < -0.39 is 0 Å². The van der Waals surface area contributed by atoms with Crippen molar-refractivity contribution in [2.24, 2.45) is 5.92 Å². The van der Waals surface area contributed by atoms with Gasteiger partial charge in [-0.1, -0.05) is 66.3 Å². The number of benzene rings is 2. The van der Waals surface area contributed by atoms with Crippen LogP contribution < -0.4 is 5.06 Å². The average Bonchev–Trinajstić information content (AvgIpc) is 3.30. The highest BCUT2D eigenvalue weighted by Crippen LogP contribution is 2.43. The summed E-state index contributed by atoms with van der Waals surface area (Å²) >= 11 is 0. The van der Waals surface area contributed by atoms with Gasteiger partial charge in [0.2, 0.25) is 0 Å². The topological polar surface area (TPSA) is 28.6 Å². The van der Waals surface area contributed by atoms with Crippen molar-refractivity contribution in [3.05, 3.63) is 95.7 Å². The zero-order valence-electron chi connectivity index (χ0n) is 20.0. The van der Waals surface area contributed by atoms with E-state index in [4.69, 9.17) is 4.84 Å². The van der Waals surface area contributed by atoms with Gasteiger partial charge in [-0.2, -0.15) is 0 Å². The average molecular weight is 452 g/mol. The molecule has 174 valence electrons. The molecule has 0 N–H and O–H groups in total. The van der Waals surface area contributed by atoms with Crippen molar-refractivity contribution in [3.63, 3.8) is 0 Å². The maximum atomic E-state index is 7.07. The molecule has 1 fully saturated rings. The van der Waals surface area contributed by atoms with Crippen molar-refractivity contribution < 1.29 is 4.84 Å². The molecule has 0 amide bonds. The zero-order valence-corrected chi connectivity index (χ0v) is 20.0. The molecule has 0 saturated carbocycles. The van der Waals surface area contributed by atoms with Crippen molar-refractivity contribution in [1.82, 2.24) is 9.88 Å². The van der Waals surface area contributed by atoms with E-state index in [1.807, 2.05) is 6.20 Å². The molecule has 6 rings (SSSR count). The molecule has 1 aliphatic carbocycles. The molecule has 0 bridgehead atoms. The number of aromatic nitrogens is 1. The first-order chi connectivity index (χ1) is 16.7. The number of hydrogen-bond donors (Lipinski definition) is 0. The second-order valence-electron chi connectivity index (χ2n) is 10.1. The number of para-hydroxylation sites is 1. The smallest absolute Gasteiger partial charge is 0.121 e. The Kier molecular flexibility index (Phi) is 5.72. The van der Waals surface area contributed by atoms with E-state index in [9.17, 15) is 0 Å². The van der Waals surface area contributed by atoms with Crippen molar-refractivity contribution in [2.75, 3.05) is 24.7 Å². The Morgan fingerprint density at radius 2 is 1.79 bits per heavy atom. The van der Waals surface area contributed by atoms with E-state index in [-0.39, 0.29) is 5.60 Å². The van der Waals surface area contributed by atoms with Gasteiger partial charge in [-0.25, -0.2) is 0 Å². The van der Waals surface area contributed by atoms with E-state index in [1.165, 1.54) is 27.8 Å². The highest BCUT2D eigenvalue weighted by atomic mass is 16.7. The van der Waals surface area contributed by atoms with Gasteiger partial charge in [-0.05, 0) is 68.5 Å². The third-order valence-electron chi connectivity index (χ3n) is 7.84. The van der Waals surface area contributed by atoms with Crippen LogP contribution in [0.4, 0.5) is 5.69 Å². The lowest BCUT2D eigenvalue weighted by Crippen LogP contribution is -2.49. The van der Waals surface area contributed by atoms with Crippen LogP contribution in [0.15, 0.2) is 84.6 Å². The van der Waals surface area contributed by atoms with Gasteiger partial charge in [0.05, 0.1) is 11.2 Å². The normalized spacial score (nSPS) is 23.3. The predicted molar refractivity (Wildman–Crippen MR) is 139 cm³/mol. The van der Waals surface area contributed by atoms with Gasteiger partial charge in [0.25, 0.3) is 0 Å². The van der Waals surface area contributed by atoms with Crippen molar-refractivity contribution >= 4 is 16.6 Å². The third-order valence-corrected chi connectivity index (χ3v) is 7.84. The molecule has 2 aliphatic heterocycles. The van der Waals surface area contributed by atoms with E-state index in [0.717, 1.165) is 57.4 Å². The zero-order chi connectivity index (χ0) is 23.0. The number of pyridine rings is 1. The van der Waals surface area contributed by atoms with Crippen molar-refractivity contribution in [1.29, 1.82) is 0 Å². The van der Waals surface area contributed by atoms with E-state index in [1.54, 1.807) is 0 Å². The summed E-state index contributed by atoms with van der Waals surface area (Å²) in [6.45, 7) is 6.34. The highest BCUT2D eigenvalue weighted by molar-refractivity contribution is 5.93. The summed E-state index contributed by atoms with van der Waals surface area (Å²) in [5.41, 5.74) is 5.98. The van der Waals surface area contributed by atoms with Crippen molar-refractivity contribution in [2.45, 2.75) is 44.8 Å². The maximum absolute atomic E-state index is 7.07. The summed E-state index contributed by atoms with van der Waals surface area (Å²) in [4.78, 5) is 14.3. The Balaban J connectivity index is 1.24. The fourth-order valence-electron chi connectivity index (χ4n) is 5.87. The lowest BCUT2D eigenvalue weighted by Gasteiger charge is -2.45. The summed E-state index contributed by atoms with van der Waals surface area (Å²) in [5.74, 6) is 0.497. The molecule has 3 aliphatic rings. The van der Waals surface area contributed by atoms with Crippen molar-refractivity contribution in [3.8, 4) is 0 Å². The fourth-order valence-corrected chi connectivity index (χ4v) is 5.87. The van der Waals surface area contributed by atoms with E-state index in [2.05, 4.69) is 94.7 Å². The van der Waals surface area contributed by atoms with Crippen LogP contribution in [-0.2, 0) is 17.8 Å². The Labute approximate surface area is 202 Å². The standard InChI is InChI=1S/C30H33N3O/c1-23-11-16-30(17-12-23,26-14-18-32(19-15-26)22-24-7-3-2-4-8-24)34-33-20-13-25-21-31-28-10-6-5-9-27(28)29(25)33/h2-12,16,21,26H,13-15,17-20,22H2,1H3. The SMILES string of the molecule is CC1=CCC(ON2CCc3cnc4ccccc4c32)(C2CCN(Cc3ccccc3)CC2)C=C1. The van der Waals surface area contributed by atoms with Crippen LogP contribution in [0.2, 0.25) is 0 Å². The molecule has 4 heteroatoms. The summed E-state index contributed by atoms with van der Waals surface area (Å²) in [6, 6.07) is 19.3. The summed E-state index contributed by atoms with van der Waals surface area (Å²) in [5, 5.41) is 3.38.